The quantitative estimate of drug-likeness (QED) is 0.854. The van der Waals surface area contributed by atoms with E-state index in [2.05, 4.69) is 0 Å². The van der Waals surface area contributed by atoms with Crippen molar-refractivity contribution < 1.29 is 12.8 Å². The van der Waals surface area contributed by atoms with E-state index in [1.165, 1.54) is 19.3 Å². The van der Waals surface area contributed by atoms with Crippen molar-refractivity contribution in [3.8, 4) is 0 Å². The first-order chi connectivity index (χ1) is 10.0. The highest BCUT2D eigenvalue weighted by Gasteiger charge is 2.49. The van der Waals surface area contributed by atoms with Crippen LogP contribution in [0.25, 0.3) is 11.0 Å². The molecule has 1 saturated heterocycles. The monoisotopic (exact) mass is 305 g/mol. The first-order valence-corrected chi connectivity index (χ1v) is 8.93. The number of rotatable bonds is 2. The molecule has 2 aromatic rings. The lowest BCUT2D eigenvalue weighted by atomic mass is 9.68. The van der Waals surface area contributed by atoms with Gasteiger partial charge in [0, 0.05) is 24.0 Å². The average molecular weight is 305 g/mol. The maximum atomic E-state index is 12.9. The van der Waals surface area contributed by atoms with Gasteiger partial charge in [0.15, 0.2) is 0 Å². The number of sulfonamides is 1. The van der Waals surface area contributed by atoms with E-state index in [9.17, 15) is 8.42 Å². The minimum absolute atomic E-state index is 0.0857. The number of hydrogen-bond donors (Lipinski definition) is 0. The third kappa shape index (κ3) is 1.94. The SMILES string of the molecule is CC1CC2(CCC2)CN1S(=O)(=O)c1ccc2ccoc2c1. The van der Waals surface area contributed by atoms with E-state index < -0.39 is 10.0 Å². The summed E-state index contributed by atoms with van der Waals surface area (Å²) < 4.78 is 32.9. The molecule has 1 atom stereocenters. The lowest BCUT2D eigenvalue weighted by molar-refractivity contribution is 0.152. The smallest absolute Gasteiger partial charge is 0.243 e. The van der Waals surface area contributed by atoms with Crippen molar-refractivity contribution in [2.24, 2.45) is 5.41 Å². The predicted octanol–water partition coefficient (Wildman–Crippen LogP) is 3.39. The minimum Gasteiger partial charge on any atom is -0.464 e. The summed E-state index contributed by atoms with van der Waals surface area (Å²) in [6.07, 6.45) is 6.15. The second kappa shape index (κ2) is 4.34. The third-order valence-corrected chi connectivity index (χ3v) is 7.12. The molecule has 21 heavy (non-hydrogen) atoms. The number of hydrogen-bond acceptors (Lipinski definition) is 3. The molecule has 4 rings (SSSR count). The van der Waals surface area contributed by atoms with Crippen molar-refractivity contribution in [2.45, 2.75) is 43.5 Å². The summed E-state index contributed by atoms with van der Waals surface area (Å²) in [7, 11) is -3.43. The summed E-state index contributed by atoms with van der Waals surface area (Å²) in [6, 6.07) is 7.07. The fraction of sp³-hybridized carbons (Fsp3) is 0.500. The normalized spacial score (nSPS) is 25.5. The van der Waals surface area contributed by atoms with Gasteiger partial charge in [0.1, 0.15) is 5.58 Å². The topological polar surface area (TPSA) is 50.5 Å². The van der Waals surface area contributed by atoms with Crippen LogP contribution in [0.2, 0.25) is 0 Å². The molecule has 2 fully saturated rings. The van der Waals surface area contributed by atoms with Gasteiger partial charge in [0.25, 0.3) is 0 Å². The lowest BCUT2D eigenvalue weighted by Gasteiger charge is -2.38. The van der Waals surface area contributed by atoms with Crippen molar-refractivity contribution >= 4 is 21.0 Å². The fourth-order valence-corrected chi connectivity index (χ4v) is 5.63. The van der Waals surface area contributed by atoms with Gasteiger partial charge in [-0.15, -0.1) is 0 Å². The standard InChI is InChI=1S/C16H19NO3S/c1-12-10-16(6-2-7-16)11-17(12)21(18,19)14-4-3-13-5-8-20-15(13)9-14/h3-5,8-9,12H,2,6-7,10-11H2,1H3. The van der Waals surface area contributed by atoms with Crippen molar-refractivity contribution in [1.82, 2.24) is 4.31 Å². The maximum absolute atomic E-state index is 12.9. The molecule has 1 spiro atoms. The van der Waals surface area contributed by atoms with Gasteiger partial charge in [0.05, 0.1) is 11.2 Å². The summed E-state index contributed by atoms with van der Waals surface area (Å²) in [4.78, 5) is 0.341. The number of fused-ring (bicyclic) bond motifs is 1. The van der Waals surface area contributed by atoms with Crippen LogP contribution in [0.1, 0.15) is 32.6 Å². The van der Waals surface area contributed by atoms with Crippen LogP contribution in [-0.2, 0) is 10.0 Å². The lowest BCUT2D eigenvalue weighted by Crippen LogP contribution is -2.37. The van der Waals surface area contributed by atoms with Gasteiger partial charge < -0.3 is 4.42 Å². The molecule has 5 heteroatoms. The van der Waals surface area contributed by atoms with E-state index in [0.717, 1.165) is 11.8 Å². The van der Waals surface area contributed by atoms with Crippen LogP contribution < -0.4 is 0 Å². The van der Waals surface area contributed by atoms with Gasteiger partial charge in [-0.25, -0.2) is 8.42 Å². The van der Waals surface area contributed by atoms with Crippen molar-refractivity contribution in [2.75, 3.05) is 6.54 Å². The molecule has 4 nitrogen and oxygen atoms in total. The molecular weight excluding hydrogens is 286 g/mol. The summed E-state index contributed by atoms with van der Waals surface area (Å²) >= 11 is 0. The van der Waals surface area contributed by atoms with Gasteiger partial charge in [-0.2, -0.15) is 4.31 Å². The zero-order valence-electron chi connectivity index (χ0n) is 12.1. The molecule has 2 heterocycles. The Morgan fingerprint density at radius 3 is 2.76 bits per heavy atom. The van der Waals surface area contributed by atoms with Crippen LogP contribution in [0.4, 0.5) is 0 Å². The summed E-state index contributed by atoms with van der Waals surface area (Å²) in [5, 5.41) is 0.930. The molecule has 1 aliphatic heterocycles. The highest BCUT2D eigenvalue weighted by molar-refractivity contribution is 7.89. The van der Waals surface area contributed by atoms with Crippen molar-refractivity contribution in [3.05, 3.63) is 30.5 Å². The minimum atomic E-state index is -3.43. The van der Waals surface area contributed by atoms with E-state index in [0.29, 0.717) is 17.0 Å². The van der Waals surface area contributed by atoms with Gasteiger partial charge in [-0.3, -0.25) is 0 Å². The van der Waals surface area contributed by atoms with Gasteiger partial charge >= 0.3 is 0 Å². The maximum Gasteiger partial charge on any atom is 0.243 e. The Bertz CT molecular complexity index is 789. The molecule has 1 aromatic carbocycles. The van der Waals surface area contributed by atoms with Crippen LogP contribution in [-0.4, -0.2) is 25.3 Å². The van der Waals surface area contributed by atoms with Crippen LogP contribution in [0, 0.1) is 5.41 Å². The molecule has 112 valence electrons. The second-order valence-corrected chi connectivity index (χ2v) is 8.47. The second-order valence-electron chi connectivity index (χ2n) is 6.58. The van der Waals surface area contributed by atoms with Gasteiger partial charge in [0.2, 0.25) is 10.0 Å². The number of nitrogens with zero attached hydrogens (tertiary/aromatic N) is 1. The molecule has 1 saturated carbocycles. The summed E-state index contributed by atoms with van der Waals surface area (Å²) in [5.74, 6) is 0. The van der Waals surface area contributed by atoms with Crippen LogP contribution in [0.15, 0.2) is 39.8 Å². The summed E-state index contributed by atoms with van der Waals surface area (Å²) in [6.45, 7) is 2.70. The fourth-order valence-electron chi connectivity index (χ4n) is 3.87. The van der Waals surface area contributed by atoms with E-state index in [1.807, 2.05) is 19.1 Å². The zero-order valence-corrected chi connectivity index (χ0v) is 12.9. The van der Waals surface area contributed by atoms with Crippen molar-refractivity contribution in [1.29, 1.82) is 0 Å². The molecule has 1 aromatic heterocycles. The first-order valence-electron chi connectivity index (χ1n) is 7.49. The van der Waals surface area contributed by atoms with Crippen LogP contribution in [0.5, 0.6) is 0 Å². The Labute approximate surface area is 124 Å². The van der Waals surface area contributed by atoms with E-state index in [1.54, 1.807) is 22.7 Å². The summed E-state index contributed by atoms with van der Waals surface area (Å²) in [5.41, 5.74) is 0.877. The molecule has 0 bridgehead atoms. The first kappa shape index (κ1) is 13.3. The third-order valence-electron chi connectivity index (χ3n) is 5.16. The Kier molecular flexibility index (Phi) is 2.75. The van der Waals surface area contributed by atoms with E-state index >= 15 is 0 Å². The van der Waals surface area contributed by atoms with Crippen molar-refractivity contribution in [3.63, 3.8) is 0 Å². The number of furan rings is 1. The Morgan fingerprint density at radius 1 is 1.29 bits per heavy atom. The molecular formula is C16H19NO3S. The molecule has 1 unspecified atom stereocenters. The molecule has 2 aliphatic rings. The molecule has 1 aliphatic carbocycles. The van der Waals surface area contributed by atoms with Gasteiger partial charge in [-0.1, -0.05) is 6.42 Å². The van der Waals surface area contributed by atoms with E-state index in [-0.39, 0.29) is 11.5 Å². The highest BCUT2D eigenvalue weighted by Crippen LogP contribution is 2.51. The highest BCUT2D eigenvalue weighted by atomic mass is 32.2. The average Bonchev–Trinajstić information content (AvgIpc) is 3.01. The Hall–Kier alpha value is -1.33. The largest absolute Gasteiger partial charge is 0.464 e. The molecule has 0 N–H and O–H groups in total. The predicted molar refractivity (Wildman–Crippen MR) is 80.5 cm³/mol. The van der Waals surface area contributed by atoms with Crippen LogP contribution >= 0.6 is 0 Å². The van der Waals surface area contributed by atoms with Crippen LogP contribution in [0.3, 0.4) is 0 Å². The Morgan fingerprint density at radius 2 is 2.10 bits per heavy atom. The molecule has 0 amide bonds. The molecule has 0 radical (unpaired) electrons. The zero-order chi connectivity index (χ0) is 14.7. The Balaban J connectivity index is 1.72. The number of benzene rings is 1. The van der Waals surface area contributed by atoms with Gasteiger partial charge in [-0.05, 0) is 49.8 Å². The van der Waals surface area contributed by atoms with E-state index in [4.69, 9.17) is 4.42 Å².